The molecule has 2 rings (SSSR count). The summed E-state index contributed by atoms with van der Waals surface area (Å²) in [6.45, 7) is 5.00. The van der Waals surface area contributed by atoms with E-state index in [1.165, 1.54) is 12.8 Å². The van der Waals surface area contributed by atoms with Crippen LogP contribution in [-0.2, 0) is 13.0 Å². The van der Waals surface area contributed by atoms with Gasteiger partial charge in [-0.2, -0.15) is 0 Å². The largest absolute Gasteiger partial charge is 0.465 e. The number of rotatable bonds is 7. The fourth-order valence-electron chi connectivity index (χ4n) is 1.96. The summed E-state index contributed by atoms with van der Waals surface area (Å²) in [5.41, 5.74) is 0. The van der Waals surface area contributed by atoms with Crippen LogP contribution < -0.4 is 0 Å². The van der Waals surface area contributed by atoms with Crippen molar-refractivity contribution < 1.29 is 9.52 Å². The highest BCUT2D eigenvalue weighted by atomic mass is 16.3. The van der Waals surface area contributed by atoms with Crippen molar-refractivity contribution >= 4 is 0 Å². The lowest BCUT2D eigenvalue weighted by Gasteiger charge is -2.19. The zero-order valence-corrected chi connectivity index (χ0v) is 9.98. The zero-order valence-electron chi connectivity index (χ0n) is 9.98. The number of aliphatic hydroxyl groups is 1. The van der Waals surface area contributed by atoms with Crippen molar-refractivity contribution in [2.45, 2.75) is 32.7 Å². The van der Waals surface area contributed by atoms with Crippen molar-refractivity contribution in [1.29, 1.82) is 0 Å². The summed E-state index contributed by atoms with van der Waals surface area (Å²) in [4.78, 5) is 2.29. The van der Waals surface area contributed by atoms with Crippen LogP contribution in [0.25, 0.3) is 0 Å². The number of hydrogen-bond donors (Lipinski definition) is 1. The molecule has 0 bridgehead atoms. The van der Waals surface area contributed by atoms with Gasteiger partial charge >= 0.3 is 0 Å². The highest BCUT2D eigenvalue weighted by Gasteiger charge is 2.24. The minimum absolute atomic E-state index is 0.230. The van der Waals surface area contributed by atoms with E-state index in [1.54, 1.807) is 0 Å². The summed E-state index contributed by atoms with van der Waals surface area (Å²) in [5.74, 6) is 2.92. The molecule has 0 saturated heterocycles. The van der Waals surface area contributed by atoms with Crippen molar-refractivity contribution in [2.24, 2.45) is 5.92 Å². The highest BCUT2D eigenvalue weighted by molar-refractivity contribution is 5.07. The summed E-state index contributed by atoms with van der Waals surface area (Å²) in [7, 11) is 0. The van der Waals surface area contributed by atoms with E-state index in [-0.39, 0.29) is 6.61 Å². The molecule has 0 atom stereocenters. The third-order valence-corrected chi connectivity index (χ3v) is 3.07. The zero-order chi connectivity index (χ0) is 11.4. The lowest BCUT2D eigenvalue weighted by molar-refractivity contribution is 0.175. The topological polar surface area (TPSA) is 36.6 Å². The van der Waals surface area contributed by atoms with E-state index in [9.17, 15) is 0 Å². The Bertz CT molecular complexity index is 317. The third-order valence-electron chi connectivity index (χ3n) is 3.07. The van der Waals surface area contributed by atoms with Crippen molar-refractivity contribution in [3.63, 3.8) is 0 Å². The Kier molecular flexibility index (Phi) is 4.02. The number of furan rings is 1. The van der Waals surface area contributed by atoms with Crippen LogP contribution in [0.1, 0.15) is 31.3 Å². The van der Waals surface area contributed by atoms with Crippen molar-refractivity contribution in [3.05, 3.63) is 23.7 Å². The van der Waals surface area contributed by atoms with E-state index >= 15 is 0 Å². The summed E-state index contributed by atoms with van der Waals surface area (Å²) in [5, 5.41) is 9.03. The molecule has 0 amide bonds. The maximum absolute atomic E-state index is 9.03. The molecule has 1 aromatic rings. The van der Waals surface area contributed by atoms with Gasteiger partial charge in [-0.25, -0.2) is 0 Å². The van der Waals surface area contributed by atoms with Crippen LogP contribution in [0, 0.1) is 5.92 Å². The molecule has 90 valence electrons. The van der Waals surface area contributed by atoms with Gasteiger partial charge in [0.1, 0.15) is 11.5 Å². The minimum atomic E-state index is 0.230. The molecule has 1 aliphatic rings. The van der Waals surface area contributed by atoms with E-state index < -0.39 is 0 Å². The van der Waals surface area contributed by atoms with Gasteiger partial charge in [0.15, 0.2) is 0 Å². The van der Waals surface area contributed by atoms with Gasteiger partial charge < -0.3 is 9.52 Å². The molecule has 1 heterocycles. The standard InChI is InChI=1S/C13H21NO2/c1-2-12-5-6-13(16-12)10-14(7-8-15)9-11-3-4-11/h5-6,11,15H,2-4,7-10H2,1H3. The fraction of sp³-hybridized carbons (Fsp3) is 0.692. The Morgan fingerprint density at radius 2 is 2.12 bits per heavy atom. The molecule has 1 aromatic heterocycles. The van der Waals surface area contributed by atoms with Gasteiger partial charge in [-0.1, -0.05) is 6.92 Å². The first-order valence-corrected chi connectivity index (χ1v) is 6.22. The van der Waals surface area contributed by atoms with Gasteiger partial charge in [0.05, 0.1) is 13.2 Å². The molecule has 0 unspecified atom stereocenters. The first kappa shape index (κ1) is 11.7. The predicted octanol–water partition coefficient (Wildman–Crippen LogP) is 2.05. The Morgan fingerprint density at radius 3 is 2.69 bits per heavy atom. The highest BCUT2D eigenvalue weighted by Crippen LogP contribution is 2.30. The lowest BCUT2D eigenvalue weighted by atomic mass is 10.3. The van der Waals surface area contributed by atoms with Gasteiger partial charge in [0.25, 0.3) is 0 Å². The molecule has 16 heavy (non-hydrogen) atoms. The molecule has 1 saturated carbocycles. The number of aliphatic hydroxyl groups excluding tert-OH is 1. The Morgan fingerprint density at radius 1 is 1.38 bits per heavy atom. The Labute approximate surface area is 97.1 Å². The maximum atomic E-state index is 9.03. The average Bonchev–Trinajstić information content (AvgIpc) is 2.96. The van der Waals surface area contributed by atoms with Gasteiger partial charge in [-0.15, -0.1) is 0 Å². The summed E-state index contributed by atoms with van der Waals surface area (Å²) >= 11 is 0. The molecule has 1 N–H and O–H groups in total. The van der Waals surface area contributed by atoms with Crippen LogP contribution in [-0.4, -0.2) is 29.7 Å². The van der Waals surface area contributed by atoms with Crippen LogP contribution >= 0.6 is 0 Å². The lowest BCUT2D eigenvalue weighted by Crippen LogP contribution is -2.28. The second-order valence-corrected chi connectivity index (χ2v) is 4.62. The Balaban J connectivity index is 1.87. The quantitative estimate of drug-likeness (QED) is 0.768. The van der Waals surface area contributed by atoms with Crippen LogP contribution in [0.3, 0.4) is 0 Å². The van der Waals surface area contributed by atoms with Crippen molar-refractivity contribution in [2.75, 3.05) is 19.7 Å². The number of nitrogens with zero attached hydrogens (tertiary/aromatic N) is 1. The van der Waals surface area contributed by atoms with E-state index in [2.05, 4.69) is 17.9 Å². The van der Waals surface area contributed by atoms with E-state index in [4.69, 9.17) is 9.52 Å². The molecule has 0 aromatic carbocycles. The molecular formula is C13H21NO2. The molecule has 0 radical (unpaired) electrons. The number of hydrogen-bond acceptors (Lipinski definition) is 3. The maximum Gasteiger partial charge on any atom is 0.118 e. The first-order valence-electron chi connectivity index (χ1n) is 6.22. The van der Waals surface area contributed by atoms with Crippen LogP contribution in [0.2, 0.25) is 0 Å². The number of aryl methyl sites for hydroxylation is 1. The molecule has 3 nitrogen and oxygen atoms in total. The fourth-order valence-corrected chi connectivity index (χ4v) is 1.96. The second-order valence-electron chi connectivity index (χ2n) is 4.62. The van der Waals surface area contributed by atoms with E-state index in [1.807, 2.05) is 6.07 Å². The van der Waals surface area contributed by atoms with E-state index in [0.717, 1.165) is 43.5 Å². The average molecular weight is 223 g/mol. The van der Waals surface area contributed by atoms with Gasteiger partial charge in [0.2, 0.25) is 0 Å². The monoisotopic (exact) mass is 223 g/mol. The molecular weight excluding hydrogens is 202 g/mol. The minimum Gasteiger partial charge on any atom is -0.465 e. The summed E-state index contributed by atoms with van der Waals surface area (Å²) < 4.78 is 5.69. The molecule has 3 heteroatoms. The molecule has 1 fully saturated rings. The van der Waals surface area contributed by atoms with Crippen molar-refractivity contribution in [3.8, 4) is 0 Å². The predicted molar refractivity (Wildman–Crippen MR) is 63.2 cm³/mol. The molecule has 0 spiro atoms. The Hall–Kier alpha value is -0.800. The summed E-state index contributed by atoms with van der Waals surface area (Å²) in [6.07, 6.45) is 3.64. The van der Waals surface area contributed by atoms with Crippen LogP contribution in [0.4, 0.5) is 0 Å². The normalized spacial score (nSPS) is 15.9. The SMILES string of the molecule is CCc1ccc(CN(CCO)CC2CC2)o1. The third kappa shape index (κ3) is 3.35. The van der Waals surface area contributed by atoms with Gasteiger partial charge in [-0.05, 0) is 30.9 Å². The second kappa shape index (κ2) is 5.51. The summed E-state index contributed by atoms with van der Waals surface area (Å²) in [6, 6.07) is 4.10. The van der Waals surface area contributed by atoms with Gasteiger partial charge in [-0.3, -0.25) is 4.90 Å². The van der Waals surface area contributed by atoms with Crippen molar-refractivity contribution in [1.82, 2.24) is 4.90 Å². The van der Waals surface area contributed by atoms with Crippen LogP contribution in [0.15, 0.2) is 16.5 Å². The van der Waals surface area contributed by atoms with Crippen LogP contribution in [0.5, 0.6) is 0 Å². The first-order chi connectivity index (χ1) is 7.81. The molecule has 0 aliphatic heterocycles. The molecule has 1 aliphatic carbocycles. The van der Waals surface area contributed by atoms with E-state index in [0.29, 0.717) is 0 Å². The smallest absolute Gasteiger partial charge is 0.118 e. The van der Waals surface area contributed by atoms with Gasteiger partial charge in [0, 0.05) is 19.5 Å².